The van der Waals surface area contributed by atoms with Crippen LogP contribution in [0, 0.1) is 11.8 Å². The molecule has 0 radical (unpaired) electrons. The number of methoxy groups -OCH3 is 1. The van der Waals surface area contributed by atoms with Crippen molar-refractivity contribution < 1.29 is 9.47 Å². The van der Waals surface area contributed by atoms with Crippen LogP contribution >= 0.6 is 0 Å². The van der Waals surface area contributed by atoms with Crippen LogP contribution in [0.5, 0.6) is 11.5 Å². The minimum absolute atomic E-state index is 0.330. The van der Waals surface area contributed by atoms with Gasteiger partial charge in [-0.3, -0.25) is 0 Å². The molecule has 0 aromatic heterocycles. The summed E-state index contributed by atoms with van der Waals surface area (Å²) in [5, 5.41) is 0. The first-order valence-corrected chi connectivity index (χ1v) is 6.37. The Kier molecular flexibility index (Phi) is 4.49. The molecule has 0 atom stereocenters. The molecule has 3 heteroatoms. The van der Waals surface area contributed by atoms with Gasteiger partial charge in [0.1, 0.15) is 11.5 Å². The van der Waals surface area contributed by atoms with Crippen LogP contribution < -0.4 is 15.2 Å². The largest absolute Gasteiger partial charge is 0.497 e. The zero-order valence-electron chi connectivity index (χ0n) is 10.7. The molecule has 0 heterocycles. The van der Waals surface area contributed by atoms with Crippen molar-refractivity contribution in [2.75, 3.05) is 13.7 Å². The third-order valence-corrected chi connectivity index (χ3v) is 3.11. The maximum atomic E-state index is 6.00. The molecule has 0 aliphatic heterocycles. The normalized spacial score (nSPS) is 15.0. The maximum Gasteiger partial charge on any atom is 0.135 e. The molecule has 1 aromatic carbocycles. The van der Waals surface area contributed by atoms with Crippen LogP contribution in [0.3, 0.4) is 0 Å². The summed E-state index contributed by atoms with van der Waals surface area (Å²) in [5.41, 5.74) is 6.27. The molecule has 0 saturated heterocycles. The lowest BCUT2D eigenvalue weighted by atomic mass is 10.2. The third kappa shape index (κ3) is 3.18. The molecular formula is C15H19NO2. The zero-order valence-corrected chi connectivity index (χ0v) is 10.7. The van der Waals surface area contributed by atoms with Gasteiger partial charge in [0, 0.05) is 0 Å². The van der Waals surface area contributed by atoms with E-state index in [-0.39, 0.29) is 0 Å². The molecule has 3 nitrogen and oxygen atoms in total. The molecule has 0 spiro atoms. The van der Waals surface area contributed by atoms with E-state index in [0.717, 1.165) is 29.9 Å². The Labute approximate surface area is 108 Å². The van der Waals surface area contributed by atoms with E-state index in [4.69, 9.17) is 15.2 Å². The highest BCUT2D eigenvalue weighted by molar-refractivity contribution is 5.50. The van der Waals surface area contributed by atoms with Gasteiger partial charge in [-0.05, 0) is 43.9 Å². The van der Waals surface area contributed by atoms with Crippen LogP contribution in [0.4, 0.5) is 0 Å². The van der Waals surface area contributed by atoms with E-state index in [1.165, 1.54) is 12.8 Å². The predicted octanol–water partition coefficient (Wildman–Crippen LogP) is 2.33. The van der Waals surface area contributed by atoms with Gasteiger partial charge in [-0.25, -0.2) is 0 Å². The number of ether oxygens (including phenoxy) is 2. The number of hydrogen-bond donors (Lipinski definition) is 1. The monoisotopic (exact) mass is 245 g/mol. The average molecular weight is 245 g/mol. The molecule has 1 saturated carbocycles. The Morgan fingerprint density at radius 1 is 1.33 bits per heavy atom. The fourth-order valence-electron chi connectivity index (χ4n) is 2.17. The van der Waals surface area contributed by atoms with Gasteiger partial charge in [0.05, 0.1) is 25.3 Å². The Hall–Kier alpha value is -1.66. The van der Waals surface area contributed by atoms with Crippen LogP contribution in [0.1, 0.15) is 31.2 Å². The SMILES string of the molecule is COc1ccc(OC2CCCC2)c(C#CCN)c1. The fourth-order valence-corrected chi connectivity index (χ4v) is 2.17. The lowest BCUT2D eigenvalue weighted by molar-refractivity contribution is 0.209. The highest BCUT2D eigenvalue weighted by atomic mass is 16.5. The highest BCUT2D eigenvalue weighted by Gasteiger charge is 2.17. The van der Waals surface area contributed by atoms with Crippen molar-refractivity contribution in [3.8, 4) is 23.3 Å². The smallest absolute Gasteiger partial charge is 0.135 e. The highest BCUT2D eigenvalue weighted by Crippen LogP contribution is 2.28. The molecular weight excluding hydrogens is 226 g/mol. The van der Waals surface area contributed by atoms with Crippen molar-refractivity contribution in [1.82, 2.24) is 0 Å². The second kappa shape index (κ2) is 6.32. The number of benzene rings is 1. The Balaban J connectivity index is 2.20. The maximum absolute atomic E-state index is 6.00. The second-order valence-corrected chi connectivity index (χ2v) is 4.39. The Morgan fingerprint density at radius 2 is 2.11 bits per heavy atom. The van der Waals surface area contributed by atoms with Gasteiger partial charge in [-0.1, -0.05) is 11.8 Å². The minimum Gasteiger partial charge on any atom is -0.497 e. The van der Waals surface area contributed by atoms with E-state index < -0.39 is 0 Å². The van der Waals surface area contributed by atoms with E-state index in [1.807, 2.05) is 18.2 Å². The molecule has 2 rings (SSSR count). The molecule has 0 unspecified atom stereocenters. The second-order valence-electron chi connectivity index (χ2n) is 4.39. The molecule has 2 N–H and O–H groups in total. The summed E-state index contributed by atoms with van der Waals surface area (Å²) >= 11 is 0. The number of hydrogen-bond acceptors (Lipinski definition) is 3. The lowest BCUT2D eigenvalue weighted by Crippen LogP contribution is -2.11. The van der Waals surface area contributed by atoms with Crippen molar-refractivity contribution in [3.63, 3.8) is 0 Å². The summed E-state index contributed by atoms with van der Waals surface area (Å²) in [6.07, 6.45) is 5.11. The van der Waals surface area contributed by atoms with E-state index in [1.54, 1.807) is 7.11 Å². The van der Waals surface area contributed by atoms with Crippen LogP contribution in [-0.4, -0.2) is 19.8 Å². The molecule has 0 amide bonds. The van der Waals surface area contributed by atoms with Crippen LogP contribution in [0.15, 0.2) is 18.2 Å². The van der Waals surface area contributed by atoms with Crippen molar-refractivity contribution in [1.29, 1.82) is 0 Å². The van der Waals surface area contributed by atoms with E-state index in [0.29, 0.717) is 12.6 Å². The van der Waals surface area contributed by atoms with Gasteiger partial charge in [-0.2, -0.15) is 0 Å². The first-order valence-electron chi connectivity index (χ1n) is 6.37. The van der Waals surface area contributed by atoms with Crippen molar-refractivity contribution >= 4 is 0 Å². The average Bonchev–Trinajstić information content (AvgIpc) is 2.90. The van der Waals surface area contributed by atoms with Crippen molar-refractivity contribution in [2.24, 2.45) is 5.73 Å². The summed E-state index contributed by atoms with van der Waals surface area (Å²) in [6, 6.07) is 5.72. The minimum atomic E-state index is 0.330. The lowest BCUT2D eigenvalue weighted by Gasteiger charge is -2.15. The molecule has 18 heavy (non-hydrogen) atoms. The molecule has 0 bridgehead atoms. The Bertz CT molecular complexity index is 453. The van der Waals surface area contributed by atoms with Crippen LogP contribution in [-0.2, 0) is 0 Å². The standard InChI is InChI=1S/C15H19NO2/c1-17-14-8-9-15(12(11-14)5-4-10-16)18-13-6-2-3-7-13/h8-9,11,13H,2-3,6-7,10,16H2,1H3. The molecule has 1 fully saturated rings. The predicted molar refractivity (Wildman–Crippen MR) is 71.8 cm³/mol. The van der Waals surface area contributed by atoms with Crippen molar-refractivity contribution in [3.05, 3.63) is 23.8 Å². The van der Waals surface area contributed by atoms with Crippen LogP contribution in [0.2, 0.25) is 0 Å². The molecule has 96 valence electrons. The van der Waals surface area contributed by atoms with E-state index >= 15 is 0 Å². The van der Waals surface area contributed by atoms with Gasteiger partial charge in [0.15, 0.2) is 0 Å². The van der Waals surface area contributed by atoms with Gasteiger partial charge < -0.3 is 15.2 Å². The van der Waals surface area contributed by atoms with E-state index in [9.17, 15) is 0 Å². The summed E-state index contributed by atoms with van der Waals surface area (Å²) in [7, 11) is 1.65. The zero-order chi connectivity index (χ0) is 12.8. The quantitative estimate of drug-likeness (QED) is 0.831. The summed E-state index contributed by atoms with van der Waals surface area (Å²) in [4.78, 5) is 0. The number of nitrogens with two attached hydrogens (primary N) is 1. The van der Waals surface area contributed by atoms with Gasteiger partial charge in [0.2, 0.25) is 0 Å². The van der Waals surface area contributed by atoms with Gasteiger partial charge in [0.25, 0.3) is 0 Å². The molecule has 1 aliphatic carbocycles. The van der Waals surface area contributed by atoms with Crippen LogP contribution in [0.25, 0.3) is 0 Å². The molecule has 1 aromatic rings. The molecule has 1 aliphatic rings. The fraction of sp³-hybridized carbons (Fsp3) is 0.467. The van der Waals surface area contributed by atoms with E-state index in [2.05, 4.69) is 11.8 Å². The van der Waals surface area contributed by atoms with Gasteiger partial charge >= 0.3 is 0 Å². The summed E-state index contributed by atoms with van der Waals surface area (Å²) in [5.74, 6) is 7.53. The number of rotatable bonds is 3. The summed E-state index contributed by atoms with van der Waals surface area (Å²) < 4.78 is 11.2. The van der Waals surface area contributed by atoms with Gasteiger partial charge in [-0.15, -0.1) is 0 Å². The third-order valence-electron chi connectivity index (χ3n) is 3.11. The van der Waals surface area contributed by atoms with Crippen molar-refractivity contribution in [2.45, 2.75) is 31.8 Å². The first-order chi connectivity index (χ1) is 8.83. The topological polar surface area (TPSA) is 44.5 Å². The Morgan fingerprint density at radius 3 is 2.78 bits per heavy atom. The summed E-state index contributed by atoms with van der Waals surface area (Å²) in [6.45, 7) is 0.347. The first kappa shape index (κ1) is 12.8.